The highest BCUT2D eigenvalue weighted by Crippen LogP contribution is 2.36. The largest absolute Gasteiger partial charge is 0.495 e. The van der Waals surface area contributed by atoms with Crippen molar-refractivity contribution in [2.75, 3.05) is 43.9 Å². The molecule has 0 radical (unpaired) electrons. The van der Waals surface area contributed by atoms with Crippen molar-refractivity contribution in [1.82, 2.24) is 10.2 Å². The second kappa shape index (κ2) is 8.31. The van der Waals surface area contributed by atoms with Crippen LogP contribution in [0.25, 0.3) is 0 Å². The molecule has 0 spiro atoms. The summed E-state index contributed by atoms with van der Waals surface area (Å²) < 4.78 is 19.1. The van der Waals surface area contributed by atoms with Crippen LogP contribution < -0.4 is 15.0 Å². The van der Waals surface area contributed by atoms with Crippen LogP contribution >= 0.6 is 11.8 Å². The van der Waals surface area contributed by atoms with E-state index in [0.29, 0.717) is 13.1 Å². The maximum Gasteiger partial charge on any atom is 0.318 e. The van der Waals surface area contributed by atoms with Crippen LogP contribution in [0.3, 0.4) is 0 Å². The van der Waals surface area contributed by atoms with E-state index in [1.54, 1.807) is 31.0 Å². The molecule has 0 aromatic heterocycles. The smallest absolute Gasteiger partial charge is 0.318 e. The van der Waals surface area contributed by atoms with Gasteiger partial charge in [-0.05, 0) is 42.3 Å². The van der Waals surface area contributed by atoms with E-state index < -0.39 is 0 Å². The van der Waals surface area contributed by atoms with Gasteiger partial charge in [0.15, 0.2) is 0 Å². The number of methoxy groups -OCH3 is 1. The lowest BCUT2D eigenvalue weighted by Gasteiger charge is -2.37. The number of rotatable bonds is 3. The monoisotopic (exact) mass is 401 g/mol. The van der Waals surface area contributed by atoms with E-state index in [2.05, 4.69) is 10.2 Å². The Morgan fingerprint density at radius 2 is 1.96 bits per heavy atom. The number of nitrogens with zero attached hydrogens (tertiary/aromatic N) is 2. The van der Waals surface area contributed by atoms with Gasteiger partial charge in [-0.2, -0.15) is 0 Å². The first-order chi connectivity index (χ1) is 13.7. The number of para-hydroxylation sites is 2. The number of amides is 2. The van der Waals surface area contributed by atoms with Crippen molar-refractivity contribution < 1.29 is 13.9 Å². The topological polar surface area (TPSA) is 44.8 Å². The zero-order chi connectivity index (χ0) is 19.5. The molecule has 2 heterocycles. The molecule has 0 aliphatic carbocycles. The maximum atomic E-state index is 13.7. The van der Waals surface area contributed by atoms with Crippen LogP contribution in [0.1, 0.15) is 18.0 Å². The molecule has 1 N–H and O–H groups in total. The number of fused-ring (bicyclic) bond motifs is 1. The van der Waals surface area contributed by atoms with Crippen molar-refractivity contribution in [3.8, 4) is 5.75 Å². The van der Waals surface area contributed by atoms with Gasteiger partial charge in [-0.1, -0.05) is 12.1 Å². The fourth-order valence-corrected chi connectivity index (χ4v) is 4.90. The zero-order valence-corrected chi connectivity index (χ0v) is 16.7. The number of hydrogen-bond acceptors (Lipinski definition) is 4. The van der Waals surface area contributed by atoms with E-state index in [-0.39, 0.29) is 17.9 Å². The predicted molar refractivity (Wildman–Crippen MR) is 110 cm³/mol. The Balaban J connectivity index is 1.38. The Morgan fingerprint density at radius 3 is 2.75 bits per heavy atom. The van der Waals surface area contributed by atoms with Crippen molar-refractivity contribution in [3.05, 3.63) is 53.8 Å². The molecule has 1 unspecified atom stereocenters. The minimum atomic E-state index is -0.258. The number of nitrogens with one attached hydrogen (secondary N) is 1. The summed E-state index contributed by atoms with van der Waals surface area (Å²) in [5.74, 6) is 1.51. The molecule has 2 aliphatic rings. The van der Waals surface area contributed by atoms with E-state index in [4.69, 9.17) is 4.74 Å². The minimum Gasteiger partial charge on any atom is -0.495 e. The standard InChI is InChI=1S/C21H24FN3O2S/c1-27-19-5-3-2-4-18(19)24-9-11-25(12-10-24)21(26)23-17-8-13-28-20-7-6-15(22)14-16(17)20/h2-7,14,17H,8-13H2,1H3,(H,23,26). The van der Waals surface area contributed by atoms with E-state index in [9.17, 15) is 9.18 Å². The summed E-state index contributed by atoms with van der Waals surface area (Å²) in [5, 5.41) is 3.11. The zero-order valence-electron chi connectivity index (χ0n) is 15.9. The summed E-state index contributed by atoms with van der Waals surface area (Å²) in [4.78, 5) is 17.9. The number of piperazine rings is 1. The molecule has 148 valence electrons. The molecule has 2 amide bonds. The summed E-state index contributed by atoms with van der Waals surface area (Å²) in [6, 6.07) is 12.6. The number of benzene rings is 2. The summed E-state index contributed by atoms with van der Waals surface area (Å²) in [6.45, 7) is 2.78. The van der Waals surface area contributed by atoms with Crippen molar-refractivity contribution in [2.24, 2.45) is 0 Å². The molecule has 1 saturated heterocycles. The lowest BCUT2D eigenvalue weighted by Crippen LogP contribution is -2.52. The van der Waals surface area contributed by atoms with E-state index in [0.717, 1.165) is 47.2 Å². The average molecular weight is 402 g/mol. The normalized spacial score (nSPS) is 19.1. The predicted octanol–water partition coefficient (Wildman–Crippen LogP) is 3.90. The third-order valence-corrected chi connectivity index (χ3v) is 6.42. The molecule has 28 heavy (non-hydrogen) atoms. The van der Waals surface area contributed by atoms with Crippen molar-refractivity contribution >= 4 is 23.5 Å². The highest BCUT2D eigenvalue weighted by Gasteiger charge is 2.27. The Labute approximate surface area is 168 Å². The van der Waals surface area contributed by atoms with Gasteiger partial charge in [0.1, 0.15) is 11.6 Å². The molecule has 1 atom stereocenters. The molecule has 2 aliphatic heterocycles. The van der Waals surface area contributed by atoms with Crippen molar-refractivity contribution in [3.63, 3.8) is 0 Å². The van der Waals surface area contributed by atoms with Crippen molar-refractivity contribution in [2.45, 2.75) is 17.4 Å². The molecule has 0 saturated carbocycles. The first-order valence-corrected chi connectivity index (χ1v) is 10.5. The number of anilines is 1. The number of carbonyl (C=O) groups excluding carboxylic acids is 1. The second-order valence-electron chi connectivity index (χ2n) is 6.97. The van der Waals surface area contributed by atoms with Crippen LogP contribution in [0, 0.1) is 5.82 Å². The van der Waals surface area contributed by atoms with Gasteiger partial charge in [0.25, 0.3) is 0 Å². The minimum absolute atomic E-state index is 0.0770. The van der Waals surface area contributed by atoms with Gasteiger partial charge in [0.05, 0.1) is 18.8 Å². The van der Waals surface area contributed by atoms with Gasteiger partial charge in [-0.3, -0.25) is 0 Å². The number of ether oxygens (including phenoxy) is 1. The van der Waals surface area contributed by atoms with Gasteiger partial charge in [0, 0.05) is 36.8 Å². The van der Waals surface area contributed by atoms with Gasteiger partial charge < -0.3 is 19.9 Å². The third kappa shape index (κ3) is 3.90. The molecular weight excluding hydrogens is 377 g/mol. The Bertz CT molecular complexity index is 855. The molecule has 7 heteroatoms. The molecule has 2 aromatic carbocycles. The number of carbonyl (C=O) groups is 1. The first-order valence-electron chi connectivity index (χ1n) is 9.51. The van der Waals surface area contributed by atoms with Crippen LogP contribution in [0.2, 0.25) is 0 Å². The van der Waals surface area contributed by atoms with Crippen LogP contribution in [0.5, 0.6) is 5.75 Å². The molecule has 4 rings (SSSR count). The Hall–Kier alpha value is -2.41. The number of thioether (sulfide) groups is 1. The van der Waals surface area contributed by atoms with E-state index in [1.807, 2.05) is 29.2 Å². The van der Waals surface area contributed by atoms with Gasteiger partial charge in [-0.25, -0.2) is 9.18 Å². The molecule has 0 bridgehead atoms. The van der Waals surface area contributed by atoms with Crippen LogP contribution in [-0.2, 0) is 0 Å². The third-order valence-electron chi connectivity index (χ3n) is 5.30. The molecule has 5 nitrogen and oxygen atoms in total. The average Bonchev–Trinajstić information content (AvgIpc) is 2.74. The Morgan fingerprint density at radius 1 is 1.18 bits per heavy atom. The lowest BCUT2D eigenvalue weighted by molar-refractivity contribution is 0.189. The fraction of sp³-hybridized carbons (Fsp3) is 0.381. The number of hydrogen-bond donors (Lipinski definition) is 1. The molecule has 2 aromatic rings. The quantitative estimate of drug-likeness (QED) is 0.847. The highest BCUT2D eigenvalue weighted by molar-refractivity contribution is 7.99. The van der Waals surface area contributed by atoms with E-state index >= 15 is 0 Å². The van der Waals surface area contributed by atoms with Crippen molar-refractivity contribution in [1.29, 1.82) is 0 Å². The molecular formula is C21H24FN3O2S. The van der Waals surface area contributed by atoms with Gasteiger partial charge in [0.2, 0.25) is 0 Å². The summed E-state index contributed by atoms with van der Waals surface area (Å²) in [6.07, 6.45) is 0.814. The highest BCUT2D eigenvalue weighted by atomic mass is 32.2. The van der Waals surface area contributed by atoms with Crippen LogP contribution in [-0.4, -0.2) is 50.0 Å². The van der Waals surface area contributed by atoms with Gasteiger partial charge >= 0.3 is 6.03 Å². The summed E-state index contributed by atoms with van der Waals surface area (Å²) in [5.41, 5.74) is 1.94. The van der Waals surface area contributed by atoms with Crippen LogP contribution in [0.15, 0.2) is 47.4 Å². The number of halogens is 1. The SMILES string of the molecule is COc1ccccc1N1CCN(C(=O)NC2CCSc3ccc(F)cc32)CC1. The maximum absolute atomic E-state index is 13.7. The van der Waals surface area contributed by atoms with Gasteiger partial charge in [-0.15, -0.1) is 11.8 Å². The summed E-state index contributed by atoms with van der Waals surface area (Å²) in [7, 11) is 1.67. The molecule has 1 fully saturated rings. The first kappa shape index (κ1) is 18.9. The second-order valence-corrected chi connectivity index (χ2v) is 8.10. The fourth-order valence-electron chi connectivity index (χ4n) is 3.80. The number of urea groups is 1. The summed E-state index contributed by atoms with van der Waals surface area (Å²) >= 11 is 1.72. The Kier molecular flexibility index (Phi) is 5.62. The van der Waals surface area contributed by atoms with Crippen LogP contribution in [0.4, 0.5) is 14.9 Å². The lowest BCUT2D eigenvalue weighted by atomic mass is 10.0. The van der Waals surface area contributed by atoms with E-state index in [1.165, 1.54) is 6.07 Å².